The van der Waals surface area contributed by atoms with Gasteiger partial charge in [-0.3, -0.25) is 5.41 Å². The van der Waals surface area contributed by atoms with E-state index in [0.717, 1.165) is 23.4 Å². The molecule has 0 spiro atoms. The largest absolute Gasteiger partial charge is 0.494 e. The average molecular weight is 449 g/mol. The Morgan fingerprint density at radius 1 is 1.30 bits per heavy atom. The number of aromatic hydroxyl groups is 1. The molecular weight excluding hydrogens is 412 g/mol. The number of hydrogen-bond donors (Lipinski definition) is 5. The summed E-state index contributed by atoms with van der Waals surface area (Å²) in [6.45, 7) is 10.2. The number of aromatic amines is 1. The molecule has 1 aromatic carbocycles. The van der Waals surface area contributed by atoms with E-state index in [1.807, 2.05) is 13.8 Å². The monoisotopic (exact) mass is 448 g/mol. The molecular formula is C27H36N4O2. The van der Waals surface area contributed by atoms with Gasteiger partial charge in [-0.25, -0.2) is 4.99 Å². The van der Waals surface area contributed by atoms with Crippen molar-refractivity contribution in [2.75, 3.05) is 6.61 Å². The number of aliphatic hydroxyl groups excluding tert-OH is 1. The van der Waals surface area contributed by atoms with Gasteiger partial charge in [0, 0.05) is 28.7 Å². The third-order valence-electron chi connectivity index (χ3n) is 6.37. The van der Waals surface area contributed by atoms with E-state index in [9.17, 15) is 5.11 Å². The zero-order chi connectivity index (χ0) is 24.1. The summed E-state index contributed by atoms with van der Waals surface area (Å²) in [6.07, 6.45) is 9.61. The number of aliphatic imine (C=N–C) groups is 1. The molecule has 0 saturated carbocycles. The van der Waals surface area contributed by atoms with Crippen LogP contribution in [0.3, 0.4) is 0 Å². The Bertz CT molecular complexity index is 1190. The van der Waals surface area contributed by atoms with Gasteiger partial charge in [-0.1, -0.05) is 44.2 Å². The Morgan fingerprint density at radius 3 is 2.73 bits per heavy atom. The minimum atomic E-state index is -0.0943. The van der Waals surface area contributed by atoms with Crippen LogP contribution < -0.4 is 15.9 Å². The van der Waals surface area contributed by atoms with Crippen LogP contribution in [0.25, 0.3) is 12.2 Å². The number of nitrogens with one attached hydrogen (secondary N) is 3. The number of fused-ring (bicyclic) bond motifs is 1. The number of amidine groups is 1. The van der Waals surface area contributed by atoms with E-state index in [1.54, 1.807) is 6.20 Å². The average Bonchev–Trinajstić information content (AvgIpc) is 3.12. The lowest BCUT2D eigenvalue weighted by atomic mass is 9.78. The van der Waals surface area contributed by atoms with E-state index in [0.29, 0.717) is 17.2 Å². The zero-order valence-corrected chi connectivity index (χ0v) is 20.2. The Balaban J connectivity index is 2.04. The first-order valence-electron chi connectivity index (χ1n) is 11.7. The molecule has 0 fully saturated rings. The minimum Gasteiger partial charge on any atom is -0.494 e. The van der Waals surface area contributed by atoms with E-state index in [2.05, 4.69) is 66.4 Å². The summed E-state index contributed by atoms with van der Waals surface area (Å²) in [7, 11) is 0. The summed E-state index contributed by atoms with van der Waals surface area (Å²) in [4.78, 5) is 7.51. The maximum absolute atomic E-state index is 10.7. The number of H-pyrrole nitrogens is 1. The van der Waals surface area contributed by atoms with Crippen molar-refractivity contribution >= 4 is 23.7 Å². The molecule has 0 amide bonds. The van der Waals surface area contributed by atoms with Crippen LogP contribution in [0.5, 0.6) is 5.88 Å². The molecule has 2 unspecified atom stereocenters. The molecule has 5 N–H and O–H groups in total. The van der Waals surface area contributed by atoms with Gasteiger partial charge in [-0.05, 0) is 62.3 Å². The van der Waals surface area contributed by atoms with E-state index < -0.39 is 0 Å². The third kappa shape index (κ3) is 5.45. The second-order valence-corrected chi connectivity index (χ2v) is 8.82. The van der Waals surface area contributed by atoms with Gasteiger partial charge in [0.1, 0.15) is 5.84 Å². The van der Waals surface area contributed by atoms with Crippen molar-refractivity contribution in [3.63, 3.8) is 0 Å². The molecule has 176 valence electrons. The fourth-order valence-corrected chi connectivity index (χ4v) is 4.39. The highest BCUT2D eigenvalue weighted by atomic mass is 16.3. The number of hydrogen-bond acceptors (Lipinski definition) is 4. The normalized spacial score (nSPS) is 19.0. The summed E-state index contributed by atoms with van der Waals surface area (Å²) in [5.41, 5.74) is 5.13. The molecule has 1 aliphatic carbocycles. The molecule has 1 aromatic heterocycles. The molecule has 3 atom stereocenters. The maximum atomic E-state index is 10.7. The zero-order valence-electron chi connectivity index (χ0n) is 20.2. The van der Waals surface area contributed by atoms with E-state index >= 15 is 0 Å². The first kappa shape index (κ1) is 24.5. The molecule has 0 aliphatic heterocycles. The molecule has 2 aromatic rings. The fraction of sp³-hybridized carbons (Fsp3) is 0.407. The molecule has 33 heavy (non-hydrogen) atoms. The van der Waals surface area contributed by atoms with Crippen molar-refractivity contribution in [1.29, 1.82) is 5.41 Å². The Labute approximate surface area is 196 Å². The lowest BCUT2D eigenvalue weighted by Gasteiger charge is -2.25. The summed E-state index contributed by atoms with van der Waals surface area (Å²) in [5.74, 6) is 0.674. The minimum absolute atomic E-state index is 0.0101. The fourth-order valence-electron chi connectivity index (χ4n) is 4.39. The van der Waals surface area contributed by atoms with Crippen LogP contribution in [0.4, 0.5) is 0 Å². The van der Waals surface area contributed by atoms with Crippen molar-refractivity contribution in [2.45, 2.75) is 59.4 Å². The third-order valence-corrected chi connectivity index (χ3v) is 6.37. The van der Waals surface area contributed by atoms with Gasteiger partial charge in [0.05, 0.1) is 17.9 Å². The quantitative estimate of drug-likeness (QED) is 0.316. The van der Waals surface area contributed by atoms with E-state index in [-0.39, 0.29) is 30.3 Å². The van der Waals surface area contributed by atoms with Gasteiger partial charge < -0.3 is 20.5 Å². The molecule has 6 nitrogen and oxygen atoms in total. The lowest BCUT2D eigenvalue weighted by Crippen LogP contribution is -2.34. The topological polar surface area (TPSA) is 104 Å². The summed E-state index contributed by atoms with van der Waals surface area (Å²) < 4.78 is 0. The van der Waals surface area contributed by atoms with E-state index in [1.165, 1.54) is 22.8 Å². The van der Waals surface area contributed by atoms with Crippen LogP contribution in [-0.4, -0.2) is 39.4 Å². The van der Waals surface area contributed by atoms with Gasteiger partial charge in [0.2, 0.25) is 0 Å². The summed E-state index contributed by atoms with van der Waals surface area (Å²) in [5, 5.41) is 32.8. The van der Waals surface area contributed by atoms with Gasteiger partial charge >= 0.3 is 0 Å². The van der Waals surface area contributed by atoms with Crippen LogP contribution in [0.1, 0.15) is 62.3 Å². The number of benzene rings is 1. The Morgan fingerprint density at radius 2 is 2.06 bits per heavy atom. The van der Waals surface area contributed by atoms with Crippen LogP contribution in [-0.2, 0) is 6.42 Å². The van der Waals surface area contributed by atoms with Crippen molar-refractivity contribution in [1.82, 2.24) is 10.3 Å². The number of nitrogens with zero attached hydrogens (tertiary/aromatic N) is 1. The van der Waals surface area contributed by atoms with Crippen LogP contribution in [0.15, 0.2) is 35.5 Å². The van der Waals surface area contributed by atoms with Crippen LogP contribution >= 0.6 is 0 Å². The number of aromatic nitrogens is 1. The summed E-state index contributed by atoms with van der Waals surface area (Å²) >= 11 is 0. The SMILES string of the molecule is CCc1ccc(C)c(C2C=c3c(C(C)=NC(=N)/C=C\N[C@@H](C)CO)c(O)[nH]c3=CC2CC)c1. The summed E-state index contributed by atoms with van der Waals surface area (Å²) in [6, 6.07) is 6.61. The molecule has 3 rings (SSSR count). The van der Waals surface area contributed by atoms with Crippen molar-refractivity contribution in [2.24, 2.45) is 10.9 Å². The van der Waals surface area contributed by atoms with Crippen molar-refractivity contribution < 1.29 is 10.2 Å². The lowest BCUT2D eigenvalue weighted by molar-refractivity contribution is 0.261. The smallest absolute Gasteiger partial charge is 0.198 e. The van der Waals surface area contributed by atoms with Gasteiger partial charge in [-0.15, -0.1) is 0 Å². The van der Waals surface area contributed by atoms with E-state index in [4.69, 9.17) is 10.5 Å². The molecule has 0 saturated heterocycles. The highest BCUT2D eigenvalue weighted by Gasteiger charge is 2.25. The van der Waals surface area contributed by atoms with Gasteiger partial charge in [0.25, 0.3) is 0 Å². The van der Waals surface area contributed by atoms with Crippen LogP contribution in [0.2, 0.25) is 0 Å². The highest BCUT2D eigenvalue weighted by molar-refractivity contribution is 6.09. The molecule has 1 heterocycles. The van der Waals surface area contributed by atoms with Crippen molar-refractivity contribution in [3.05, 3.63) is 63.3 Å². The predicted molar refractivity (Wildman–Crippen MR) is 136 cm³/mol. The molecule has 0 radical (unpaired) electrons. The predicted octanol–water partition coefficient (Wildman–Crippen LogP) is 3.25. The Hall–Kier alpha value is -3.12. The molecule has 6 heteroatoms. The van der Waals surface area contributed by atoms with Gasteiger partial charge in [0.15, 0.2) is 5.88 Å². The van der Waals surface area contributed by atoms with Crippen LogP contribution in [0, 0.1) is 18.3 Å². The standard InChI is InChI=1S/C27H36N4O2/c1-6-19-9-8-16(3)21(12-19)22-14-23-24(13-20(22)7-2)31-27(33)26(23)18(5)30-25(28)10-11-29-17(4)15-32/h8-14,17,20,22,28-29,31-33H,6-7,15H2,1-5H3/b11-10-,28-25?,30-18?/t17-,20?,22?/m0/s1. The first-order chi connectivity index (χ1) is 15.8. The number of aliphatic hydroxyl groups is 1. The van der Waals surface area contributed by atoms with Crippen molar-refractivity contribution in [3.8, 4) is 5.88 Å². The second kappa shape index (κ2) is 10.7. The number of aryl methyl sites for hydroxylation is 2. The molecule has 0 bridgehead atoms. The van der Waals surface area contributed by atoms with Gasteiger partial charge in [-0.2, -0.15) is 0 Å². The number of rotatable bonds is 8. The molecule has 1 aliphatic rings. The Kier molecular flexibility index (Phi) is 7.92. The second-order valence-electron chi connectivity index (χ2n) is 8.82. The first-order valence-corrected chi connectivity index (χ1v) is 11.7. The maximum Gasteiger partial charge on any atom is 0.198 e. The highest BCUT2D eigenvalue weighted by Crippen LogP contribution is 2.34.